The van der Waals surface area contributed by atoms with Crippen LogP contribution in [0.1, 0.15) is 47.8 Å². The summed E-state index contributed by atoms with van der Waals surface area (Å²) in [5, 5.41) is 18.6. The zero-order valence-electron chi connectivity index (χ0n) is 16.3. The van der Waals surface area contributed by atoms with Gasteiger partial charge < -0.3 is 14.7 Å². The van der Waals surface area contributed by atoms with Crippen LogP contribution in [0.3, 0.4) is 0 Å². The van der Waals surface area contributed by atoms with Crippen LogP contribution in [0.2, 0.25) is 0 Å². The van der Waals surface area contributed by atoms with Gasteiger partial charge in [-0.2, -0.15) is 5.10 Å². The third-order valence-corrected chi connectivity index (χ3v) is 6.29. The summed E-state index contributed by atoms with van der Waals surface area (Å²) in [7, 11) is 0. The number of likely N-dealkylation sites (tertiary alicyclic amines) is 1. The van der Waals surface area contributed by atoms with Crippen molar-refractivity contribution in [2.75, 3.05) is 13.1 Å². The Morgan fingerprint density at radius 2 is 1.83 bits per heavy atom. The first-order valence-corrected chi connectivity index (χ1v) is 10.3. The Hall–Kier alpha value is -2.70. The van der Waals surface area contributed by atoms with Gasteiger partial charge in [-0.3, -0.25) is 9.89 Å². The van der Waals surface area contributed by atoms with Crippen LogP contribution in [0.15, 0.2) is 54.6 Å². The Kier molecular flexibility index (Phi) is 4.60. The van der Waals surface area contributed by atoms with E-state index in [1.807, 2.05) is 47.4 Å². The minimum Gasteiger partial charge on any atom is -0.393 e. The molecule has 1 spiro atoms. The van der Waals surface area contributed by atoms with Crippen molar-refractivity contribution in [2.45, 2.75) is 43.5 Å². The molecule has 3 heterocycles. The van der Waals surface area contributed by atoms with Gasteiger partial charge in [-0.25, -0.2) is 0 Å². The molecule has 3 aromatic rings. The molecule has 1 aromatic heterocycles. The molecule has 2 aromatic carbocycles. The number of carbonyl (C=O) groups is 1. The molecule has 2 atom stereocenters. The van der Waals surface area contributed by atoms with Crippen LogP contribution in [0, 0.1) is 0 Å². The second kappa shape index (κ2) is 7.28. The van der Waals surface area contributed by atoms with Gasteiger partial charge in [0, 0.05) is 31.3 Å². The zero-order chi connectivity index (χ0) is 19.8. The monoisotopic (exact) mass is 391 g/mol. The van der Waals surface area contributed by atoms with Gasteiger partial charge in [-0.05, 0) is 24.5 Å². The fraction of sp³-hybridized carbons (Fsp3) is 0.391. The summed E-state index contributed by atoms with van der Waals surface area (Å²) >= 11 is 0. The minimum atomic E-state index is -0.383. The van der Waals surface area contributed by atoms with Crippen molar-refractivity contribution >= 4 is 16.8 Å². The number of aliphatic hydroxyl groups excluding tert-OH is 1. The van der Waals surface area contributed by atoms with E-state index in [4.69, 9.17) is 4.74 Å². The summed E-state index contributed by atoms with van der Waals surface area (Å²) in [4.78, 5) is 14.9. The molecular weight excluding hydrogens is 366 g/mol. The van der Waals surface area contributed by atoms with Crippen LogP contribution < -0.4 is 0 Å². The number of amides is 1. The number of para-hydroxylation sites is 1. The molecule has 5 rings (SSSR count). The number of piperidine rings is 1. The Balaban J connectivity index is 1.31. The molecule has 2 fully saturated rings. The van der Waals surface area contributed by atoms with Crippen LogP contribution >= 0.6 is 0 Å². The number of hydrogen-bond donors (Lipinski definition) is 2. The molecule has 0 saturated carbocycles. The molecule has 0 unspecified atom stereocenters. The smallest absolute Gasteiger partial charge is 0.274 e. The van der Waals surface area contributed by atoms with Gasteiger partial charge in [0.15, 0.2) is 5.69 Å². The summed E-state index contributed by atoms with van der Waals surface area (Å²) in [6, 6.07) is 17.8. The summed E-state index contributed by atoms with van der Waals surface area (Å²) in [5.74, 6) is -0.0479. The van der Waals surface area contributed by atoms with Crippen LogP contribution in [-0.2, 0) is 4.74 Å². The number of benzene rings is 2. The van der Waals surface area contributed by atoms with Gasteiger partial charge in [-0.15, -0.1) is 0 Å². The van der Waals surface area contributed by atoms with E-state index in [2.05, 4.69) is 22.3 Å². The fourth-order valence-electron chi connectivity index (χ4n) is 4.75. The van der Waals surface area contributed by atoms with Gasteiger partial charge >= 0.3 is 0 Å². The van der Waals surface area contributed by atoms with E-state index in [9.17, 15) is 9.90 Å². The highest BCUT2D eigenvalue weighted by molar-refractivity contribution is 6.04. The van der Waals surface area contributed by atoms with Crippen molar-refractivity contribution in [2.24, 2.45) is 0 Å². The summed E-state index contributed by atoms with van der Waals surface area (Å²) in [5.41, 5.74) is 2.08. The Morgan fingerprint density at radius 1 is 1.10 bits per heavy atom. The normalized spacial score (nSPS) is 24.1. The van der Waals surface area contributed by atoms with Gasteiger partial charge in [0.05, 0.1) is 23.3 Å². The van der Waals surface area contributed by atoms with Crippen molar-refractivity contribution < 1.29 is 14.6 Å². The maximum Gasteiger partial charge on any atom is 0.274 e. The number of nitrogens with one attached hydrogen (secondary N) is 1. The lowest BCUT2D eigenvalue weighted by Crippen LogP contribution is -2.52. The highest BCUT2D eigenvalue weighted by Gasteiger charge is 2.44. The molecule has 6 heteroatoms. The van der Waals surface area contributed by atoms with Crippen molar-refractivity contribution in [3.63, 3.8) is 0 Å². The number of nitrogens with zero attached hydrogens (tertiary/aromatic N) is 2. The molecule has 1 amide bonds. The first-order chi connectivity index (χ1) is 14.1. The molecule has 0 aliphatic carbocycles. The number of H-pyrrole nitrogens is 1. The highest BCUT2D eigenvalue weighted by Crippen LogP contribution is 2.43. The summed E-state index contributed by atoms with van der Waals surface area (Å²) in [6.45, 7) is 1.21. The van der Waals surface area contributed by atoms with Gasteiger partial charge in [0.1, 0.15) is 0 Å². The highest BCUT2D eigenvalue weighted by atomic mass is 16.5. The third kappa shape index (κ3) is 3.43. The van der Waals surface area contributed by atoms with Crippen molar-refractivity contribution in [1.29, 1.82) is 0 Å². The molecule has 2 aliphatic rings. The van der Waals surface area contributed by atoms with E-state index >= 15 is 0 Å². The molecule has 2 N–H and O–H groups in total. The maximum atomic E-state index is 13.0. The number of aliphatic hydroxyl groups is 1. The van der Waals surface area contributed by atoms with E-state index in [1.165, 1.54) is 0 Å². The molecule has 150 valence electrons. The quantitative estimate of drug-likeness (QED) is 0.701. The number of ether oxygens (including phenoxy) is 1. The number of rotatable bonds is 2. The molecule has 2 aliphatic heterocycles. The fourth-order valence-corrected chi connectivity index (χ4v) is 4.75. The predicted octanol–water partition coefficient (Wildman–Crippen LogP) is 3.45. The van der Waals surface area contributed by atoms with Crippen LogP contribution in [-0.4, -0.2) is 50.9 Å². The van der Waals surface area contributed by atoms with Gasteiger partial charge in [0.2, 0.25) is 0 Å². The number of aromatic nitrogens is 2. The molecular formula is C23H25N3O3. The van der Waals surface area contributed by atoms with Gasteiger partial charge in [0.25, 0.3) is 5.91 Å². The average Bonchev–Trinajstić information content (AvgIpc) is 3.18. The van der Waals surface area contributed by atoms with E-state index in [0.717, 1.165) is 29.3 Å². The number of aromatic amines is 1. The maximum absolute atomic E-state index is 13.0. The lowest BCUT2D eigenvalue weighted by atomic mass is 9.81. The van der Waals surface area contributed by atoms with E-state index in [-0.39, 0.29) is 23.7 Å². The lowest BCUT2D eigenvalue weighted by molar-refractivity contribution is -0.181. The van der Waals surface area contributed by atoms with Crippen molar-refractivity contribution in [3.05, 3.63) is 65.9 Å². The van der Waals surface area contributed by atoms with Gasteiger partial charge in [-0.1, -0.05) is 48.5 Å². The molecule has 2 saturated heterocycles. The van der Waals surface area contributed by atoms with Crippen LogP contribution in [0.4, 0.5) is 0 Å². The lowest BCUT2D eigenvalue weighted by Gasteiger charge is -2.48. The Morgan fingerprint density at radius 3 is 2.62 bits per heavy atom. The van der Waals surface area contributed by atoms with Crippen LogP contribution in [0.5, 0.6) is 0 Å². The average molecular weight is 391 g/mol. The third-order valence-electron chi connectivity index (χ3n) is 6.29. The second-order valence-electron chi connectivity index (χ2n) is 8.20. The molecule has 0 bridgehead atoms. The number of hydrogen-bond acceptors (Lipinski definition) is 4. The first-order valence-electron chi connectivity index (χ1n) is 10.3. The second-order valence-corrected chi connectivity index (χ2v) is 8.20. The van der Waals surface area contributed by atoms with E-state index in [1.54, 1.807) is 0 Å². The Bertz CT molecular complexity index is 1010. The minimum absolute atomic E-state index is 0.0479. The number of fused-ring (bicyclic) bond motifs is 1. The standard InChI is InChI=1S/C23H25N3O3/c27-17-14-20(16-6-2-1-3-7-16)29-23(15-17)10-12-26(13-11-23)22(28)21-18-8-4-5-9-19(18)24-25-21/h1-9,17,20,27H,10-15H2,(H,24,25)/t17-,20+/m0/s1. The Labute approximate surface area is 169 Å². The molecule has 6 nitrogen and oxygen atoms in total. The van der Waals surface area contributed by atoms with Crippen LogP contribution in [0.25, 0.3) is 10.9 Å². The zero-order valence-corrected chi connectivity index (χ0v) is 16.3. The number of carbonyl (C=O) groups excluding carboxylic acids is 1. The SMILES string of the molecule is O=C(c1n[nH]c2ccccc12)N1CCC2(CC1)C[C@@H](O)C[C@H](c1ccccc1)O2. The largest absolute Gasteiger partial charge is 0.393 e. The molecule has 29 heavy (non-hydrogen) atoms. The van der Waals surface area contributed by atoms with E-state index < -0.39 is 0 Å². The summed E-state index contributed by atoms with van der Waals surface area (Å²) in [6.07, 6.45) is 2.21. The first kappa shape index (κ1) is 18.3. The topological polar surface area (TPSA) is 78.5 Å². The predicted molar refractivity (Wildman–Crippen MR) is 109 cm³/mol. The summed E-state index contributed by atoms with van der Waals surface area (Å²) < 4.78 is 6.54. The molecule has 0 radical (unpaired) electrons. The van der Waals surface area contributed by atoms with Crippen molar-refractivity contribution in [1.82, 2.24) is 15.1 Å². The van der Waals surface area contributed by atoms with E-state index in [0.29, 0.717) is 31.6 Å². The van der Waals surface area contributed by atoms with Crippen molar-refractivity contribution in [3.8, 4) is 0 Å².